The van der Waals surface area contributed by atoms with Crippen LogP contribution < -0.4 is 9.62 Å². The Morgan fingerprint density at radius 2 is 1.96 bits per heavy atom. The molecule has 0 bridgehead atoms. The number of thiophene rings is 1. The van der Waals surface area contributed by atoms with Crippen LogP contribution in [-0.4, -0.2) is 31.6 Å². The lowest BCUT2D eigenvalue weighted by Crippen LogP contribution is -2.25. The van der Waals surface area contributed by atoms with Gasteiger partial charge in [0.1, 0.15) is 10.7 Å². The number of nitrogens with one attached hydrogen (secondary N) is 1. The standard InChI is InChI=1S/C17H14BrN3O3S3/c18-11-8-15(25-9-11)17-20-14(10-26-17)16(22)19-12-2-4-13(5-3-12)21-6-1-7-27(21,23)24/h2-5,8-10H,1,6-7H2,(H,19,22). The quantitative estimate of drug-likeness (QED) is 0.595. The number of aromatic nitrogens is 1. The molecule has 1 aliphatic heterocycles. The minimum absolute atomic E-state index is 0.179. The maximum Gasteiger partial charge on any atom is 0.275 e. The van der Waals surface area contributed by atoms with Crippen LogP contribution in [0.5, 0.6) is 0 Å². The molecule has 1 fully saturated rings. The number of benzene rings is 1. The van der Waals surface area contributed by atoms with Crippen molar-refractivity contribution >= 4 is 65.9 Å². The molecule has 3 aromatic rings. The average molecular weight is 484 g/mol. The van der Waals surface area contributed by atoms with E-state index in [1.54, 1.807) is 41.0 Å². The predicted octanol–water partition coefficient (Wildman–Crippen LogP) is 4.43. The number of nitrogens with zero attached hydrogens (tertiary/aromatic N) is 2. The van der Waals surface area contributed by atoms with E-state index >= 15 is 0 Å². The first-order chi connectivity index (χ1) is 12.9. The van der Waals surface area contributed by atoms with Gasteiger partial charge in [0.15, 0.2) is 0 Å². The smallest absolute Gasteiger partial charge is 0.275 e. The van der Waals surface area contributed by atoms with Crippen LogP contribution in [0.15, 0.2) is 45.6 Å². The average Bonchev–Trinajstić information content (AvgIpc) is 3.35. The number of anilines is 2. The van der Waals surface area contributed by atoms with E-state index in [1.165, 1.54) is 15.6 Å². The van der Waals surface area contributed by atoms with Gasteiger partial charge in [0.25, 0.3) is 5.91 Å². The highest BCUT2D eigenvalue weighted by atomic mass is 79.9. The van der Waals surface area contributed by atoms with Crippen molar-refractivity contribution in [2.75, 3.05) is 21.9 Å². The third-order valence-electron chi connectivity index (χ3n) is 4.03. The van der Waals surface area contributed by atoms with Crippen LogP contribution in [0.3, 0.4) is 0 Å². The monoisotopic (exact) mass is 483 g/mol. The lowest BCUT2D eigenvalue weighted by molar-refractivity contribution is 0.102. The number of sulfonamides is 1. The molecule has 2 aromatic heterocycles. The van der Waals surface area contributed by atoms with Crippen molar-refractivity contribution in [1.82, 2.24) is 4.98 Å². The fourth-order valence-corrected chi connectivity index (χ4v) is 6.62. The van der Waals surface area contributed by atoms with E-state index in [0.717, 1.165) is 14.4 Å². The summed E-state index contributed by atoms with van der Waals surface area (Å²) in [6.45, 7) is 0.495. The molecular formula is C17H14BrN3O3S3. The summed E-state index contributed by atoms with van der Waals surface area (Å²) in [5.74, 6) is -0.118. The SMILES string of the molecule is O=C(Nc1ccc(N2CCCS2(=O)=O)cc1)c1csc(-c2cc(Br)cs2)n1. The second kappa shape index (κ2) is 7.34. The van der Waals surface area contributed by atoms with Crippen LogP contribution >= 0.6 is 38.6 Å². The summed E-state index contributed by atoms with van der Waals surface area (Å²) in [7, 11) is -3.21. The molecule has 10 heteroatoms. The molecule has 0 radical (unpaired) electrons. The normalized spacial score (nSPS) is 15.8. The van der Waals surface area contributed by atoms with Crippen LogP contribution in [0.2, 0.25) is 0 Å². The van der Waals surface area contributed by atoms with Crippen molar-refractivity contribution in [2.45, 2.75) is 6.42 Å². The van der Waals surface area contributed by atoms with E-state index in [9.17, 15) is 13.2 Å². The zero-order valence-corrected chi connectivity index (χ0v) is 17.9. The fourth-order valence-electron chi connectivity index (χ4n) is 2.75. The van der Waals surface area contributed by atoms with Crippen molar-refractivity contribution in [2.24, 2.45) is 0 Å². The van der Waals surface area contributed by atoms with Crippen LogP contribution in [-0.2, 0) is 10.0 Å². The van der Waals surface area contributed by atoms with E-state index < -0.39 is 10.0 Å². The van der Waals surface area contributed by atoms with Gasteiger partial charge in [-0.05, 0) is 52.7 Å². The highest BCUT2D eigenvalue weighted by molar-refractivity contribution is 9.10. The Morgan fingerprint density at radius 3 is 2.59 bits per heavy atom. The topological polar surface area (TPSA) is 79.4 Å². The van der Waals surface area contributed by atoms with Gasteiger partial charge >= 0.3 is 0 Å². The number of hydrogen-bond donors (Lipinski definition) is 1. The van der Waals surface area contributed by atoms with Gasteiger partial charge in [-0.3, -0.25) is 9.10 Å². The molecule has 0 atom stereocenters. The first-order valence-corrected chi connectivity index (χ1v) is 12.2. The molecule has 1 saturated heterocycles. The lowest BCUT2D eigenvalue weighted by Gasteiger charge is -2.17. The van der Waals surface area contributed by atoms with E-state index in [4.69, 9.17) is 0 Å². The summed E-state index contributed by atoms with van der Waals surface area (Å²) in [5, 5.41) is 7.29. The first kappa shape index (κ1) is 18.6. The second-order valence-corrected chi connectivity index (χ2v) is 10.6. The predicted molar refractivity (Wildman–Crippen MR) is 113 cm³/mol. The Labute approximate surface area is 173 Å². The second-order valence-electron chi connectivity index (χ2n) is 5.91. The van der Waals surface area contributed by atoms with Crippen molar-refractivity contribution in [1.29, 1.82) is 0 Å². The summed E-state index contributed by atoms with van der Waals surface area (Å²) in [6.07, 6.45) is 0.633. The summed E-state index contributed by atoms with van der Waals surface area (Å²) in [5.41, 5.74) is 1.56. The first-order valence-electron chi connectivity index (χ1n) is 8.04. The van der Waals surface area contributed by atoms with Gasteiger partial charge in [0.05, 0.1) is 16.3 Å². The molecule has 4 rings (SSSR count). The van der Waals surface area contributed by atoms with Gasteiger partial charge in [-0.15, -0.1) is 22.7 Å². The molecule has 0 aliphatic carbocycles. The summed E-state index contributed by atoms with van der Waals surface area (Å²) in [4.78, 5) is 17.8. The number of carbonyl (C=O) groups is 1. The Balaban J connectivity index is 1.46. The van der Waals surface area contributed by atoms with E-state index in [1.807, 2.05) is 11.4 Å². The van der Waals surface area contributed by atoms with Gasteiger partial charge in [-0.25, -0.2) is 13.4 Å². The molecule has 140 valence electrons. The highest BCUT2D eigenvalue weighted by Crippen LogP contribution is 2.32. The maximum atomic E-state index is 12.4. The van der Waals surface area contributed by atoms with Crippen LogP contribution in [0.1, 0.15) is 16.9 Å². The third-order valence-corrected chi connectivity index (χ3v) is 8.60. The van der Waals surface area contributed by atoms with Crippen LogP contribution in [0.25, 0.3) is 9.88 Å². The van der Waals surface area contributed by atoms with Crippen LogP contribution in [0.4, 0.5) is 11.4 Å². The number of halogens is 1. The minimum Gasteiger partial charge on any atom is -0.321 e. The molecule has 1 aromatic carbocycles. The molecule has 27 heavy (non-hydrogen) atoms. The molecule has 1 N–H and O–H groups in total. The lowest BCUT2D eigenvalue weighted by atomic mass is 10.2. The van der Waals surface area contributed by atoms with Crippen molar-refractivity contribution in [3.8, 4) is 9.88 Å². The Kier molecular flexibility index (Phi) is 5.06. The summed E-state index contributed by atoms with van der Waals surface area (Å²) < 4.78 is 26.4. The Morgan fingerprint density at radius 1 is 1.19 bits per heavy atom. The molecule has 3 heterocycles. The Bertz CT molecular complexity index is 1090. The highest BCUT2D eigenvalue weighted by Gasteiger charge is 2.28. The van der Waals surface area contributed by atoms with Gasteiger partial charge in [0.2, 0.25) is 10.0 Å². The van der Waals surface area contributed by atoms with Crippen LogP contribution in [0, 0.1) is 0 Å². The Hall–Kier alpha value is -1.75. The van der Waals surface area contributed by atoms with Gasteiger partial charge in [0, 0.05) is 27.5 Å². The third kappa shape index (κ3) is 3.93. The largest absolute Gasteiger partial charge is 0.321 e. The minimum atomic E-state index is -3.21. The van der Waals surface area contributed by atoms with Crippen molar-refractivity contribution in [3.63, 3.8) is 0 Å². The van der Waals surface area contributed by atoms with Crippen molar-refractivity contribution in [3.05, 3.63) is 51.3 Å². The van der Waals surface area contributed by atoms with Gasteiger partial charge in [-0.2, -0.15) is 0 Å². The summed E-state index contributed by atoms with van der Waals surface area (Å²) >= 11 is 6.39. The van der Waals surface area contributed by atoms with E-state index in [-0.39, 0.29) is 11.7 Å². The molecule has 1 aliphatic rings. The molecule has 6 nitrogen and oxygen atoms in total. The number of hydrogen-bond acceptors (Lipinski definition) is 6. The van der Waals surface area contributed by atoms with Crippen molar-refractivity contribution < 1.29 is 13.2 Å². The fraction of sp³-hybridized carbons (Fsp3) is 0.176. The molecule has 0 spiro atoms. The molecule has 0 unspecified atom stereocenters. The number of carbonyl (C=O) groups excluding carboxylic acids is 1. The number of amides is 1. The number of rotatable bonds is 4. The number of thiazole rings is 1. The zero-order valence-electron chi connectivity index (χ0n) is 13.9. The van der Waals surface area contributed by atoms with Gasteiger partial charge < -0.3 is 5.32 Å². The molecule has 1 amide bonds. The van der Waals surface area contributed by atoms with Gasteiger partial charge in [-0.1, -0.05) is 0 Å². The molecular weight excluding hydrogens is 470 g/mol. The summed E-state index contributed by atoms with van der Waals surface area (Å²) in [6, 6.07) is 8.77. The van der Waals surface area contributed by atoms with E-state index in [0.29, 0.717) is 30.0 Å². The molecule has 0 saturated carbocycles. The zero-order chi connectivity index (χ0) is 19.0. The maximum absolute atomic E-state index is 12.4. The van der Waals surface area contributed by atoms with E-state index in [2.05, 4.69) is 26.2 Å².